The van der Waals surface area contributed by atoms with E-state index in [1.165, 1.54) is 24.3 Å². The van der Waals surface area contributed by atoms with E-state index in [-0.39, 0.29) is 11.3 Å². The maximum Gasteiger partial charge on any atom is 0.406 e. The lowest BCUT2D eigenvalue weighted by Gasteiger charge is -2.38. The van der Waals surface area contributed by atoms with Crippen molar-refractivity contribution in [2.45, 2.75) is 12.3 Å². The largest absolute Gasteiger partial charge is 0.508 e. The topological polar surface area (TPSA) is 52.6 Å². The Kier molecular flexibility index (Phi) is 3.63. The number of carbonyl (C=O) groups excluding carboxylic acids is 1. The molecule has 0 saturated carbocycles. The van der Waals surface area contributed by atoms with Gasteiger partial charge in [-0.25, -0.2) is 0 Å². The van der Waals surface area contributed by atoms with E-state index in [1.54, 1.807) is 24.3 Å². The number of fused-ring (bicyclic) bond motifs is 1. The predicted octanol–water partition coefficient (Wildman–Crippen LogP) is 3.52. The first kappa shape index (κ1) is 15.2. The van der Waals surface area contributed by atoms with Crippen LogP contribution in [0.3, 0.4) is 0 Å². The second kappa shape index (κ2) is 5.49. The van der Waals surface area contributed by atoms with Crippen molar-refractivity contribution in [3.8, 4) is 5.75 Å². The Morgan fingerprint density at radius 3 is 2.57 bits per heavy atom. The van der Waals surface area contributed by atoms with Crippen molar-refractivity contribution in [3.05, 3.63) is 59.7 Å². The molecule has 1 amide bonds. The number of carbonyl (C=O) groups is 1. The van der Waals surface area contributed by atoms with Gasteiger partial charge in [-0.2, -0.15) is 13.2 Å². The lowest BCUT2D eigenvalue weighted by Crippen LogP contribution is -2.47. The first-order valence-corrected chi connectivity index (χ1v) is 6.87. The van der Waals surface area contributed by atoms with Gasteiger partial charge in [0.05, 0.1) is 5.56 Å². The van der Waals surface area contributed by atoms with Crippen LogP contribution >= 0.6 is 0 Å². The van der Waals surface area contributed by atoms with Crippen molar-refractivity contribution in [2.24, 2.45) is 0 Å². The Balaban J connectivity index is 2.06. The van der Waals surface area contributed by atoms with Gasteiger partial charge >= 0.3 is 6.18 Å². The monoisotopic (exact) mass is 322 g/mol. The molecule has 0 spiro atoms. The van der Waals surface area contributed by atoms with Gasteiger partial charge in [0, 0.05) is 5.69 Å². The number of rotatable bonds is 2. The number of hydrogen-bond acceptors (Lipinski definition) is 3. The SMILES string of the molecule is O=C1c2ccccc2N[C@@H](c2cccc(O)c2)N1CC(F)(F)F. The van der Waals surface area contributed by atoms with Crippen molar-refractivity contribution in [1.29, 1.82) is 0 Å². The highest BCUT2D eigenvalue weighted by Gasteiger charge is 2.40. The van der Waals surface area contributed by atoms with Crippen LogP contribution in [0.4, 0.5) is 18.9 Å². The van der Waals surface area contributed by atoms with E-state index < -0.39 is 24.8 Å². The summed E-state index contributed by atoms with van der Waals surface area (Å²) in [4.78, 5) is 13.2. The summed E-state index contributed by atoms with van der Waals surface area (Å²) < 4.78 is 38.7. The van der Waals surface area contributed by atoms with Crippen LogP contribution in [0.5, 0.6) is 5.75 Å². The van der Waals surface area contributed by atoms with Gasteiger partial charge in [-0.05, 0) is 29.8 Å². The lowest BCUT2D eigenvalue weighted by molar-refractivity contribution is -0.144. The van der Waals surface area contributed by atoms with Gasteiger partial charge in [0.15, 0.2) is 0 Å². The van der Waals surface area contributed by atoms with Gasteiger partial charge in [-0.1, -0.05) is 24.3 Å². The van der Waals surface area contributed by atoms with E-state index in [9.17, 15) is 23.1 Å². The van der Waals surface area contributed by atoms with E-state index in [1.807, 2.05) is 0 Å². The Morgan fingerprint density at radius 1 is 1.13 bits per heavy atom. The molecule has 7 heteroatoms. The highest BCUT2D eigenvalue weighted by Crippen LogP contribution is 2.35. The molecule has 0 saturated heterocycles. The van der Waals surface area contributed by atoms with Gasteiger partial charge in [0.25, 0.3) is 5.91 Å². The highest BCUT2D eigenvalue weighted by molar-refractivity contribution is 6.01. The molecule has 3 rings (SSSR count). The minimum atomic E-state index is -4.53. The van der Waals surface area contributed by atoms with Crippen LogP contribution in [-0.2, 0) is 0 Å². The van der Waals surface area contributed by atoms with Crippen molar-refractivity contribution in [2.75, 3.05) is 11.9 Å². The molecule has 2 aromatic carbocycles. The molecule has 0 unspecified atom stereocenters. The quantitative estimate of drug-likeness (QED) is 0.889. The molecule has 120 valence electrons. The van der Waals surface area contributed by atoms with Gasteiger partial charge < -0.3 is 15.3 Å². The van der Waals surface area contributed by atoms with Crippen LogP contribution < -0.4 is 5.32 Å². The third-order valence-electron chi connectivity index (χ3n) is 3.56. The van der Waals surface area contributed by atoms with Crippen LogP contribution in [-0.4, -0.2) is 28.6 Å². The Hall–Kier alpha value is -2.70. The summed E-state index contributed by atoms with van der Waals surface area (Å²) in [5.74, 6) is -0.785. The Bertz CT molecular complexity index is 746. The summed E-state index contributed by atoms with van der Waals surface area (Å²) in [5, 5.41) is 12.5. The van der Waals surface area contributed by atoms with E-state index >= 15 is 0 Å². The first-order chi connectivity index (χ1) is 10.8. The molecule has 1 aliphatic rings. The number of nitrogens with zero attached hydrogens (tertiary/aromatic N) is 1. The van der Waals surface area contributed by atoms with E-state index in [2.05, 4.69) is 5.32 Å². The standard InChI is InChI=1S/C16H13F3N2O2/c17-16(18,19)9-21-14(10-4-3-5-11(22)8-10)20-13-7-2-1-6-12(13)15(21)23/h1-8,14,20,22H,9H2/t14-/m1/s1. The fraction of sp³-hybridized carbons (Fsp3) is 0.188. The number of alkyl halides is 3. The Morgan fingerprint density at radius 2 is 1.87 bits per heavy atom. The number of nitrogens with one attached hydrogen (secondary N) is 1. The maximum atomic E-state index is 12.9. The number of phenols is 1. The zero-order valence-electron chi connectivity index (χ0n) is 11.8. The number of benzene rings is 2. The van der Waals surface area contributed by atoms with E-state index in [0.29, 0.717) is 11.3 Å². The molecule has 4 nitrogen and oxygen atoms in total. The van der Waals surface area contributed by atoms with Crippen LogP contribution in [0.1, 0.15) is 22.1 Å². The molecule has 1 aliphatic heterocycles. The van der Waals surface area contributed by atoms with Crippen LogP contribution in [0.15, 0.2) is 48.5 Å². The third kappa shape index (κ3) is 3.08. The molecule has 1 atom stereocenters. The molecular formula is C16H13F3N2O2. The second-order valence-electron chi connectivity index (χ2n) is 5.24. The fourth-order valence-corrected chi connectivity index (χ4v) is 2.61. The lowest BCUT2D eigenvalue weighted by atomic mass is 10.0. The smallest absolute Gasteiger partial charge is 0.406 e. The summed E-state index contributed by atoms with van der Waals surface area (Å²) >= 11 is 0. The number of phenolic OH excluding ortho intramolecular Hbond substituents is 1. The summed E-state index contributed by atoms with van der Waals surface area (Å²) in [6, 6.07) is 12.2. The highest BCUT2D eigenvalue weighted by atomic mass is 19.4. The molecule has 0 bridgehead atoms. The number of halogens is 3. The minimum Gasteiger partial charge on any atom is -0.508 e. The minimum absolute atomic E-state index is 0.0810. The van der Waals surface area contributed by atoms with Crippen LogP contribution in [0, 0.1) is 0 Å². The molecule has 0 aliphatic carbocycles. The normalized spacial score (nSPS) is 17.6. The fourth-order valence-electron chi connectivity index (χ4n) is 2.61. The number of amides is 1. The molecule has 2 aromatic rings. The zero-order valence-corrected chi connectivity index (χ0v) is 11.8. The molecule has 2 N–H and O–H groups in total. The summed E-state index contributed by atoms with van der Waals surface area (Å²) in [6.07, 6.45) is -5.54. The average Bonchev–Trinajstić information content (AvgIpc) is 2.49. The second-order valence-corrected chi connectivity index (χ2v) is 5.24. The average molecular weight is 322 g/mol. The summed E-state index contributed by atoms with van der Waals surface area (Å²) in [5.41, 5.74) is 1.02. The predicted molar refractivity (Wildman–Crippen MR) is 78.0 cm³/mol. The Labute approximate surface area is 130 Å². The maximum absolute atomic E-state index is 12.9. The molecule has 23 heavy (non-hydrogen) atoms. The number of anilines is 1. The molecular weight excluding hydrogens is 309 g/mol. The van der Waals surface area contributed by atoms with E-state index in [4.69, 9.17) is 0 Å². The van der Waals surface area contributed by atoms with Crippen molar-refractivity contribution in [1.82, 2.24) is 4.90 Å². The third-order valence-corrected chi connectivity index (χ3v) is 3.56. The van der Waals surface area contributed by atoms with Crippen molar-refractivity contribution in [3.63, 3.8) is 0 Å². The number of aromatic hydroxyl groups is 1. The molecule has 0 aromatic heterocycles. The zero-order chi connectivity index (χ0) is 16.6. The summed E-state index contributed by atoms with van der Waals surface area (Å²) in [6.45, 7) is -1.38. The first-order valence-electron chi connectivity index (χ1n) is 6.87. The number of para-hydroxylation sites is 1. The van der Waals surface area contributed by atoms with Gasteiger partial charge in [-0.3, -0.25) is 4.79 Å². The molecule has 0 radical (unpaired) electrons. The molecule has 1 heterocycles. The van der Waals surface area contributed by atoms with Crippen molar-refractivity contribution >= 4 is 11.6 Å². The number of hydrogen-bond donors (Lipinski definition) is 2. The van der Waals surface area contributed by atoms with Crippen LogP contribution in [0.25, 0.3) is 0 Å². The van der Waals surface area contributed by atoms with Crippen LogP contribution in [0.2, 0.25) is 0 Å². The van der Waals surface area contributed by atoms with Gasteiger partial charge in [0.2, 0.25) is 0 Å². The van der Waals surface area contributed by atoms with Gasteiger partial charge in [0.1, 0.15) is 18.5 Å². The van der Waals surface area contributed by atoms with Gasteiger partial charge in [-0.15, -0.1) is 0 Å². The summed E-state index contributed by atoms with van der Waals surface area (Å²) in [7, 11) is 0. The van der Waals surface area contributed by atoms with Crippen molar-refractivity contribution < 1.29 is 23.1 Å². The molecule has 0 fully saturated rings. The van der Waals surface area contributed by atoms with E-state index in [0.717, 1.165) is 4.90 Å².